The molecule has 6 nitrogen and oxygen atoms in total. The van der Waals surface area contributed by atoms with Crippen LogP contribution < -0.4 is 10.5 Å². The maximum absolute atomic E-state index is 12.6. The molecular formula is C17H18ClF3N4O2. The Hall–Kier alpha value is -2.13. The van der Waals surface area contributed by atoms with Crippen molar-refractivity contribution < 1.29 is 17.9 Å². The minimum atomic E-state index is -4.50. The van der Waals surface area contributed by atoms with Crippen molar-refractivity contribution in [1.29, 1.82) is 0 Å². The molecule has 0 amide bonds. The summed E-state index contributed by atoms with van der Waals surface area (Å²) in [5, 5.41) is 3.99. The number of anilines is 1. The van der Waals surface area contributed by atoms with Gasteiger partial charge in [-0.3, -0.25) is 4.79 Å². The number of hydrogen-bond donors (Lipinski definition) is 0. The summed E-state index contributed by atoms with van der Waals surface area (Å²) in [7, 11) is 0. The minimum absolute atomic E-state index is 0.0310. The summed E-state index contributed by atoms with van der Waals surface area (Å²) in [6.45, 7) is 3.95. The lowest BCUT2D eigenvalue weighted by molar-refractivity contribution is -0.137. The summed E-state index contributed by atoms with van der Waals surface area (Å²) >= 11 is 6.23. The molecule has 1 saturated heterocycles. The number of hydrogen-bond acceptors (Lipinski definition) is 5. The number of pyridine rings is 1. The molecule has 10 heteroatoms. The van der Waals surface area contributed by atoms with E-state index in [-0.39, 0.29) is 16.9 Å². The molecule has 0 bridgehead atoms. The summed E-state index contributed by atoms with van der Waals surface area (Å²) < 4.78 is 44.4. The first kappa shape index (κ1) is 19.6. The Morgan fingerprint density at radius 3 is 2.52 bits per heavy atom. The number of piperidine rings is 1. The molecule has 1 aliphatic heterocycles. The average Bonchev–Trinajstić information content (AvgIpc) is 2.64. The van der Waals surface area contributed by atoms with Crippen LogP contribution >= 0.6 is 11.6 Å². The largest absolute Gasteiger partial charge is 0.417 e. The molecular weight excluding hydrogens is 385 g/mol. The third-order valence-corrected chi connectivity index (χ3v) is 4.73. The molecule has 1 aliphatic rings. The van der Waals surface area contributed by atoms with Crippen LogP contribution in [0.5, 0.6) is 0 Å². The molecule has 1 fully saturated rings. The Bertz CT molecular complexity index is 847. The van der Waals surface area contributed by atoms with Crippen LogP contribution in [-0.2, 0) is 10.9 Å². The lowest BCUT2D eigenvalue weighted by Crippen LogP contribution is -2.38. The number of halogens is 4. The van der Waals surface area contributed by atoms with Gasteiger partial charge < -0.3 is 9.64 Å². The highest BCUT2D eigenvalue weighted by Crippen LogP contribution is 2.29. The van der Waals surface area contributed by atoms with Gasteiger partial charge in [0.15, 0.2) is 5.82 Å². The molecule has 0 radical (unpaired) electrons. The van der Waals surface area contributed by atoms with Gasteiger partial charge in [-0.15, -0.1) is 0 Å². The summed E-state index contributed by atoms with van der Waals surface area (Å²) in [5.41, 5.74) is -1.03. The lowest BCUT2D eigenvalue weighted by Gasteiger charge is -2.33. The molecule has 27 heavy (non-hydrogen) atoms. The van der Waals surface area contributed by atoms with Crippen LogP contribution in [0.2, 0.25) is 5.02 Å². The standard InChI is InChI=1S/C17H18ClF3N4O2/c1-2-27-12-5-7-24(8-6-12)13-10-23-25(16(26)15(13)18)14-4-3-11(9-22-14)17(19,20)21/h3-4,9-10,12H,2,5-8H2,1H3. The van der Waals surface area contributed by atoms with Gasteiger partial charge in [0.25, 0.3) is 5.56 Å². The van der Waals surface area contributed by atoms with Gasteiger partial charge in [0.05, 0.1) is 23.6 Å². The molecule has 3 rings (SSSR count). The highest BCUT2D eigenvalue weighted by molar-refractivity contribution is 6.33. The molecule has 0 aliphatic carbocycles. The summed E-state index contributed by atoms with van der Waals surface area (Å²) in [6.07, 6.45) is -0.594. The Balaban J connectivity index is 1.83. The van der Waals surface area contributed by atoms with Gasteiger partial charge in [0, 0.05) is 25.9 Å². The van der Waals surface area contributed by atoms with Crippen molar-refractivity contribution in [3.05, 3.63) is 45.5 Å². The van der Waals surface area contributed by atoms with Crippen LogP contribution in [0, 0.1) is 0 Å². The predicted molar refractivity (Wildman–Crippen MR) is 94.5 cm³/mol. The van der Waals surface area contributed by atoms with Gasteiger partial charge in [-0.2, -0.15) is 23.0 Å². The van der Waals surface area contributed by atoms with Gasteiger partial charge in [-0.05, 0) is 31.9 Å². The highest BCUT2D eigenvalue weighted by atomic mass is 35.5. The average molecular weight is 403 g/mol. The molecule has 2 aromatic rings. The zero-order valence-electron chi connectivity index (χ0n) is 14.5. The molecule has 3 heterocycles. The van der Waals surface area contributed by atoms with Crippen LogP contribution in [0.3, 0.4) is 0 Å². The zero-order valence-corrected chi connectivity index (χ0v) is 15.3. The van der Waals surface area contributed by atoms with Crippen molar-refractivity contribution in [2.24, 2.45) is 0 Å². The molecule has 0 aromatic carbocycles. The second-order valence-electron chi connectivity index (χ2n) is 6.11. The van der Waals surface area contributed by atoms with E-state index in [1.54, 1.807) is 0 Å². The van der Waals surface area contributed by atoms with Crippen LogP contribution in [0.25, 0.3) is 5.82 Å². The number of ether oxygens (including phenoxy) is 1. The SMILES string of the molecule is CCOC1CCN(c2cnn(-c3ccc(C(F)(F)F)cn3)c(=O)c2Cl)CC1. The number of aromatic nitrogens is 3. The van der Waals surface area contributed by atoms with Crippen LogP contribution in [0.1, 0.15) is 25.3 Å². The van der Waals surface area contributed by atoms with E-state index in [1.165, 1.54) is 6.20 Å². The van der Waals surface area contributed by atoms with Gasteiger partial charge in [-0.25, -0.2) is 4.98 Å². The van der Waals surface area contributed by atoms with Crippen molar-refractivity contribution in [2.45, 2.75) is 32.0 Å². The third-order valence-electron chi connectivity index (χ3n) is 4.38. The molecule has 2 aromatic heterocycles. The Morgan fingerprint density at radius 1 is 1.26 bits per heavy atom. The number of nitrogens with zero attached hydrogens (tertiary/aromatic N) is 4. The van der Waals surface area contributed by atoms with Gasteiger partial charge in [-0.1, -0.05) is 11.6 Å². The van der Waals surface area contributed by atoms with E-state index in [4.69, 9.17) is 16.3 Å². The minimum Gasteiger partial charge on any atom is -0.378 e. The fourth-order valence-corrected chi connectivity index (χ4v) is 3.23. The van der Waals surface area contributed by atoms with Crippen molar-refractivity contribution >= 4 is 17.3 Å². The topological polar surface area (TPSA) is 60.2 Å². The smallest absolute Gasteiger partial charge is 0.378 e. The Morgan fingerprint density at radius 2 is 1.96 bits per heavy atom. The van der Waals surface area contributed by atoms with Crippen molar-refractivity contribution in [1.82, 2.24) is 14.8 Å². The predicted octanol–water partition coefficient (Wildman–Crippen LogP) is 3.31. The van der Waals surface area contributed by atoms with E-state index >= 15 is 0 Å². The van der Waals surface area contributed by atoms with Gasteiger partial charge in [0.1, 0.15) is 5.02 Å². The van der Waals surface area contributed by atoms with E-state index in [9.17, 15) is 18.0 Å². The Kier molecular flexibility index (Phi) is 5.71. The molecule has 146 valence electrons. The maximum atomic E-state index is 12.6. The second-order valence-corrected chi connectivity index (χ2v) is 6.48. The summed E-state index contributed by atoms with van der Waals surface area (Å²) in [5.74, 6) is -0.0310. The van der Waals surface area contributed by atoms with Crippen LogP contribution in [0.4, 0.5) is 18.9 Å². The zero-order chi connectivity index (χ0) is 19.6. The normalized spacial score (nSPS) is 16.0. The maximum Gasteiger partial charge on any atom is 0.417 e. The quantitative estimate of drug-likeness (QED) is 0.785. The third kappa shape index (κ3) is 4.24. The summed E-state index contributed by atoms with van der Waals surface area (Å²) in [6, 6.07) is 1.93. The highest BCUT2D eigenvalue weighted by Gasteiger charge is 2.31. The monoisotopic (exact) mass is 402 g/mol. The number of rotatable bonds is 4. The molecule has 0 atom stereocenters. The van der Waals surface area contributed by atoms with E-state index in [2.05, 4.69) is 10.1 Å². The summed E-state index contributed by atoms with van der Waals surface area (Å²) in [4.78, 5) is 18.2. The van der Waals surface area contributed by atoms with Crippen LogP contribution in [0.15, 0.2) is 29.3 Å². The van der Waals surface area contributed by atoms with E-state index < -0.39 is 17.3 Å². The first-order valence-corrected chi connectivity index (χ1v) is 8.87. The van der Waals surface area contributed by atoms with Crippen molar-refractivity contribution in [3.63, 3.8) is 0 Å². The van der Waals surface area contributed by atoms with Crippen molar-refractivity contribution in [2.75, 3.05) is 24.6 Å². The fraction of sp³-hybridized carbons (Fsp3) is 0.471. The van der Waals surface area contributed by atoms with E-state index in [1.807, 2.05) is 11.8 Å². The molecule has 0 N–H and O–H groups in total. The lowest BCUT2D eigenvalue weighted by atomic mass is 10.1. The Labute approximate surface area is 158 Å². The van der Waals surface area contributed by atoms with E-state index in [0.717, 1.165) is 29.7 Å². The molecule has 0 unspecified atom stereocenters. The first-order chi connectivity index (χ1) is 12.8. The molecule has 0 spiro atoms. The van der Waals surface area contributed by atoms with Gasteiger partial charge in [0.2, 0.25) is 0 Å². The van der Waals surface area contributed by atoms with Gasteiger partial charge >= 0.3 is 6.18 Å². The van der Waals surface area contributed by atoms with Crippen LogP contribution in [-0.4, -0.2) is 40.6 Å². The van der Waals surface area contributed by atoms with E-state index in [0.29, 0.717) is 31.6 Å². The second kappa shape index (κ2) is 7.85. The fourth-order valence-electron chi connectivity index (χ4n) is 2.99. The first-order valence-electron chi connectivity index (χ1n) is 8.49. The number of alkyl halides is 3. The molecule has 0 saturated carbocycles. The van der Waals surface area contributed by atoms with Crippen molar-refractivity contribution in [3.8, 4) is 5.82 Å².